The highest BCUT2D eigenvalue weighted by molar-refractivity contribution is 5.14. The molecule has 1 aliphatic carbocycles. The van der Waals surface area contributed by atoms with E-state index in [1.807, 2.05) is 0 Å². The lowest BCUT2D eigenvalue weighted by Crippen LogP contribution is -2.45. The van der Waals surface area contributed by atoms with Crippen LogP contribution in [0.2, 0.25) is 0 Å². The molecule has 1 aromatic rings. The standard InChI is InChI=1S/C18H29N/c1-15(2)17-11-7-13-18(19,14-17)12-6-10-16-8-4-3-5-9-16/h3-5,8-9,15,17H,6-7,10-14,19H2,1-2H3. The molecule has 106 valence electrons. The van der Waals surface area contributed by atoms with E-state index in [1.54, 1.807) is 0 Å². The van der Waals surface area contributed by atoms with Crippen LogP contribution in [0.15, 0.2) is 30.3 Å². The smallest absolute Gasteiger partial charge is 0.0157 e. The van der Waals surface area contributed by atoms with Crippen LogP contribution in [0.5, 0.6) is 0 Å². The van der Waals surface area contributed by atoms with Crippen molar-refractivity contribution in [2.45, 2.75) is 64.3 Å². The van der Waals surface area contributed by atoms with E-state index in [2.05, 4.69) is 44.2 Å². The minimum atomic E-state index is 0.113. The lowest BCUT2D eigenvalue weighted by Gasteiger charge is -2.40. The molecule has 1 aliphatic rings. The number of hydrogen-bond donors (Lipinski definition) is 1. The molecule has 0 radical (unpaired) electrons. The highest BCUT2D eigenvalue weighted by Gasteiger charge is 2.33. The average Bonchev–Trinajstić information content (AvgIpc) is 2.40. The van der Waals surface area contributed by atoms with Crippen molar-refractivity contribution in [2.75, 3.05) is 0 Å². The maximum Gasteiger partial charge on any atom is 0.0157 e. The van der Waals surface area contributed by atoms with Gasteiger partial charge in [-0.25, -0.2) is 0 Å². The first-order valence-corrected chi connectivity index (χ1v) is 7.92. The van der Waals surface area contributed by atoms with Crippen LogP contribution in [0.1, 0.15) is 57.9 Å². The second-order valence-corrected chi connectivity index (χ2v) is 6.80. The molecular weight excluding hydrogens is 230 g/mol. The third-order valence-corrected chi connectivity index (χ3v) is 4.84. The predicted octanol–water partition coefficient (Wildman–Crippen LogP) is 4.55. The van der Waals surface area contributed by atoms with Crippen LogP contribution in [0.25, 0.3) is 0 Å². The first-order valence-electron chi connectivity index (χ1n) is 7.92. The summed E-state index contributed by atoms with van der Waals surface area (Å²) in [5.74, 6) is 1.63. The van der Waals surface area contributed by atoms with Gasteiger partial charge in [0.2, 0.25) is 0 Å². The second kappa shape index (κ2) is 6.56. The molecule has 0 aliphatic heterocycles. The number of rotatable bonds is 5. The molecule has 1 heteroatoms. The molecule has 0 amide bonds. The van der Waals surface area contributed by atoms with E-state index >= 15 is 0 Å². The van der Waals surface area contributed by atoms with Gasteiger partial charge < -0.3 is 5.73 Å². The van der Waals surface area contributed by atoms with Crippen LogP contribution in [0.4, 0.5) is 0 Å². The van der Waals surface area contributed by atoms with Gasteiger partial charge >= 0.3 is 0 Å². The summed E-state index contributed by atoms with van der Waals surface area (Å²) in [7, 11) is 0. The van der Waals surface area contributed by atoms with Crippen molar-refractivity contribution in [1.82, 2.24) is 0 Å². The maximum absolute atomic E-state index is 6.65. The van der Waals surface area contributed by atoms with Gasteiger partial charge in [-0.05, 0) is 49.5 Å². The van der Waals surface area contributed by atoms with Gasteiger partial charge in [-0.1, -0.05) is 57.0 Å². The highest BCUT2D eigenvalue weighted by Crippen LogP contribution is 2.37. The minimum Gasteiger partial charge on any atom is -0.325 e. The number of hydrogen-bond acceptors (Lipinski definition) is 1. The van der Waals surface area contributed by atoms with Crippen LogP contribution in [-0.4, -0.2) is 5.54 Å². The predicted molar refractivity (Wildman–Crippen MR) is 83.1 cm³/mol. The molecule has 1 aromatic carbocycles. The number of benzene rings is 1. The molecule has 0 aromatic heterocycles. The summed E-state index contributed by atoms with van der Waals surface area (Å²) in [6.45, 7) is 4.70. The van der Waals surface area contributed by atoms with Gasteiger partial charge in [0.25, 0.3) is 0 Å². The SMILES string of the molecule is CC(C)C1CCCC(N)(CCCc2ccccc2)C1. The largest absolute Gasteiger partial charge is 0.325 e. The fraction of sp³-hybridized carbons (Fsp3) is 0.667. The minimum absolute atomic E-state index is 0.113. The molecule has 0 spiro atoms. The molecule has 19 heavy (non-hydrogen) atoms. The van der Waals surface area contributed by atoms with E-state index in [0.717, 1.165) is 11.8 Å². The Bertz CT molecular complexity index is 371. The van der Waals surface area contributed by atoms with Crippen LogP contribution in [-0.2, 0) is 6.42 Å². The van der Waals surface area contributed by atoms with Crippen molar-refractivity contribution >= 4 is 0 Å². The van der Waals surface area contributed by atoms with Gasteiger partial charge in [0.05, 0.1) is 0 Å². The Balaban J connectivity index is 1.81. The summed E-state index contributed by atoms with van der Waals surface area (Å²) in [4.78, 5) is 0. The van der Waals surface area contributed by atoms with Gasteiger partial charge in [-0.2, -0.15) is 0 Å². The van der Waals surface area contributed by atoms with Crippen LogP contribution >= 0.6 is 0 Å². The summed E-state index contributed by atoms with van der Waals surface area (Å²) in [6, 6.07) is 10.8. The lowest BCUT2D eigenvalue weighted by molar-refractivity contribution is 0.172. The Kier molecular flexibility index (Phi) is 5.04. The molecule has 1 saturated carbocycles. The summed E-state index contributed by atoms with van der Waals surface area (Å²) < 4.78 is 0. The molecule has 0 bridgehead atoms. The Morgan fingerprint density at radius 2 is 2.00 bits per heavy atom. The van der Waals surface area contributed by atoms with E-state index in [4.69, 9.17) is 5.73 Å². The molecule has 2 N–H and O–H groups in total. The fourth-order valence-corrected chi connectivity index (χ4v) is 3.53. The summed E-state index contributed by atoms with van der Waals surface area (Å²) in [5, 5.41) is 0. The van der Waals surface area contributed by atoms with E-state index < -0.39 is 0 Å². The summed E-state index contributed by atoms with van der Waals surface area (Å²) in [5.41, 5.74) is 8.21. The average molecular weight is 259 g/mol. The van der Waals surface area contributed by atoms with Crippen molar-refractivity contribution in [3.05, 3.63) is 35.9 Å². The Morgan fingerprint density at radius 1 is 1.26 bits per heavy atom. The Morgan fingerprint density at radius 3 is 2.68 bits per heavy atom. The zero-order chi connectivity index (χ0) is 13.7. The van der Waals surface area contributed by atoms with Crippen LogP contribution < -0.4 is 5.73 Å². The molecule has 0 saturated heterocycles. The topological polar surface area (TPSA) is 26.0 Å². The zero-order valence-corrected chi connectivity index (χ0v) is 12.6. The third kappa shape index (κ3) is 4.35. The van der Waals surface area contributed by atoms with Crippen LogP contribution in [0.3, 0.4) is 0 Å². The zero-order valence-electron chi connectivity index (χ0n) is 12.6. The van der Waals surface area contributed by atoms with E-state index in [0.29, 0.717) is 0 Å². The van der Waals surface area contributed by atoms with Crippen molar-refractivity contribution in [3.8, 4) is 0 Å². The van der Waals surface area contributed by atoms with Crippen molar-refractivity contribution in [3.63, 3.8) is 0 Å². The summed E-state index contributed by atoms with van der Waals surface area (Å²) >= 11 is 0. The first kappa shape index (κ1) is 14.6. The van der Waals surface area contributed by atoms with Gasteiger partial charge in [0, 0.05) is 5.54 Å². The van der Waals surface area contributed by atoms with Crippen molar-refractivity contribution in [2.24, 2.45) is 17.6 Å². The van der Waals surface area contributed by atoms with Crippen molar-refractivity contribution in [1.29, 1.82) is 0 Å². The highest BCUT2D eigenvalue weighted by atomic mass is 14.7. The van der Waals surface area contributed by atoms with Crippen LogP contribution in [0, 0.1) is 11.8 Å². The quantitative estimate of drug-likeness (QED) is 0.824. The molecule has 1 fully saturated rings. The lowest BCUT2D eigenvalue weighted by atomic mass is 9.70. The fourth-order valence-electron chi connectivity index (χ4n) is 3.53. The number of aryl methyl sites for hydroxylation is 1. The monoisotopic (exact) mass is 259 g/mol. The second-order valence-electron chi connectivity index (χ2n) is 6.80. The van der Waals surface area contributed by atoms with Gasteiger partial charge in [0.1, 0.15) is 0 Å². The summed E-state index contributed by atoms with van der Waals surface area (Å²) in [6.07, 6.45) is 8.76. The molecule has 1 nitrogen and oxygen atoms in total. The number of nitrogens with two attached hydrogens (primary N) is 1. The Labute approximate surface area is 118 Å². The molecule has 2 unspecified atom stereocenters. The maximum atomic E-state index is 6.65. The van der Waals surface area contributed by atoms with Gasteiger partial charge in [-0.3, -0.25) is 0 Å². The van der Waals surface area contributed by atoms with Crippen molar-refractivity contribution < 1.29 is 0 Å². The molecule has 0 heterocycles. The van der Waals surface area contributed by atoms with E-state index in [1.165, 1.54) is 50.5 Å². The van der Waals surface area contributed by atoms with E-state index in [-0.39, 0.29) is 5.54 Å². The first-order chi connectivity index (χ1) is 9.09. The molecular formula is C18H29N. The van der Waals surface area contributed by atoms with Gasteiger partial charge in [0.15, 0.2) is 0 Å². The normalized spacial score (nSPS) is 27.7. The third-order valence-electron chi connectivity index (χ3n) is 4.84. The van der Waals surface area contributed by atoms with E-state index in [9.17, 15) is 0 Å². The molecule has 2 atom stereocenters. The van der Waals surface area contributed by atoms with Gasteiger partial charge in [-0.15, -0.1) is 0 Å². The Hall–Kier alpha value is -0.820. The molecule has 2 rings (SSSR count).